The molecule has 140 valence electrons. The summed E-state index contributed by atoms with van der Waals surface area (Å²) in [6.45, 7) is 3.62. The van der Waals surface area contributed by atoms with E-state index in [0.717, 1.165) is 0 Å². The Bertz CT molecular complexity index is 850. The van der Waals surface area contributed by atoms with E-state index in [-0.39, 0.29) is 11.5 Å². The Balaban J connectivity index is 2.36. The summed E-state index contributed by atoms with van der Waals surface area (Å²) in [6.07, 6.45) is 3.54. The normalized spacial score (nSPS) is 13.5. The van der Waals surface area contributed by atoms with Crippen LogP contribution in [0.25, 0.3) is 10.9 Å². The third kappa shape index (κ3) is 4.43. The second-order valence-corrected chi connectivity index (χ2v) is 7.33. The van der Waals surface area contributed by atoms with Crippen molar-refractivity contribution in [3.63, 3.8) is 0 Å². The second-order valence-electron chi connectivity index (χ2n) is 6.34. The summed E-state index contributed by atoms with van der Waals surface area (Å²) in [6, 6.07) is 5.09. The van der Waals surface area contributed by atoms with Crippen LogP contribution in [0.4, 0.5) is 0 Å². The van der Waals surface area contributed by atoms with Crippen LogP contribution in [0.2, 0.25) is 0 Å². The van der Waals surface area contributed by atoms with E-state index in [9.17, 15) is 19.5 Å². The van der Waals surface area contributed by atoms with Crippen molar-refractivity contribution in [2.75, 3.05) is 12.0 Å². The lowest BCUT2D eigenvalue weighted by atomic mass is 10.0. The first kappa shape index (κ1) is 20.0. The maximum atomic E-state index is 12.8. The number of benzene rings is 1. The molecule has 1 aromatic carbocycles. The van der Waals surface area contributed by atoms with Gasteiger partial charge in [0.05, 0.1) is 17.2 Å². The van der Waals surface area contributed by atoms with Crippen molar-refractivity contribution in [3.8, 4) is 0 Å². The molecule has 0 radical (unpaired) electrons. The van der Waals surface area contributed by atoms with Crippen molar-refractivity contribution < 1.29 is 14.7 Å². The summed E-state index contributed by atoms with van der Waals surface area (Å²) in [5, 5.41) is 12.3. The topological polar surface area (TPSA) is 101 Å². The minimum Gasteiger partial charge on any atom is -0.480 e. The molecular weight excluding hydrogens is 354 g/mol. The standard InChI is InChI=1S/C18H23N3O4S/c1-11(2)15(16(22)20-14(18(24)25)8-9-26-3)21-10-19-13-7-5-4-6-12(13)17(21)23/h4-7,10-11,14-15H,8-9H2,1-3H3,(H,20,22)(H,24,25). The summed E-state index contributed by atoms with van der Waals surface area (Å²) < 4.78 is 1.29. The first-order valence-corrected chi connectivity index (χ1v) is 9.74. The van der Waals surface area contributed by atoms with Crippen LogP contribution >= 0.6 is 11.8 Å². The number of para-hydroxylation sites is 1. The molecule has 1 heterocycles. The smallest absolute Gasteiger partial charge is 0.326 e. The van der Waals surface area contributed by atoms with E-state index in [1.165, 1.54) is 22.7 Å². The lowest BCUT2D eigenvalue weighted by molar-refractivity contribution is -0.142. The van der Waals surface area contributed by atoms with Crippen LogP contribution in [0, 0.1) is 5.92 Å². The van der Waals surface area contributed by atoms with Crippen molar-refractivity contribution >= 4 is 34.5 Å². The number of hydrogen-bond acceptors (Lipinski definition) is 5. The van der Waals surface area contributed by atoms with Gasteiger partial charge in [-0.05, 0) is 36.5 Å². The molecule has 2 aromatic rings. The number of thioether (sulfide) groups is 1. The minimum absolute atomic E-state index is 0.217. The molecule has 0 saturated heterocycles. The molecule has 8 heteroatoms. The first-order chi connectivity index (χ1) is 12.4. The molecular formula is C18H23N3O4S. The lowest BCUT2D eigenvalue weighted by Crippen LogP contribution is -2.47. The fraction of sp³-hybridized carbons (Fsp3) is 0.444. The van der Waals surface area contributed by atoms with Crippen molar-refractivity contribution in [1.29, 1.82) is 0 Å². The SMILES string of the molecule is CSCCC(NC(=O)C(C(C)C)n1cnc2ccccc2c1=O)C(=O)O. The van der Waals surface area contributed by atoms with E-state index in [2.05, 4.69) is 10.3 Å². The molecule has 26 heavy (non-hydrogen) atoms. The third-order valence-electron chi connectivity index (χ3n) is 4.12. The third-order valence-corrected chi connectivity index (χ3v) is 4.76. The largest absolute Gasteiger partial charge is 0.480 e. The van der Waals surface area contributed by atoms with Crippen molar-refractivity contribution in [1.82, 2.24) is 14.9 Å². The number of amides is 1. The number of nitrogens with zero attached hydrogens (tertiary/aromatic N) is 2. The number of nitrogens with one attached hydrogen (secondary N) is 1. The molecule has 2 unspecified atom stereocenters. The van der Waals surface area contributed by atoms with Gasteiger partial charge in [-0.25, -0.2) is 9.78 Å². The van der Waals surface area contributed by atoms with Gasteiger partial charge in [-0.3, -0.25) is 14.2 Å². The van der Waals surface area contributed by atoms with Crippen LogP contribution in [0.1, 0.15) is 26.3 Å². The Hall–Kier alpha value is -2.35. The molecule has 0 aliphatic rings. The van der Waals surface area contributed by atoms with E-state index < -0.39 is 24.0 Å². The summed E-state index contributed by atoms with van der Waals surface area (Å²) in [7, 11) is 0. The number of carbonyl (C=O) groups excluding carboxylic acids is 1. The van der Waals surface area contributed by atoms with Crippen molar-refractivity contribution in [2.45, 2.75) is 32.4 Å². The Morgan fingerprint density at radius 2 is 2.00 bits per heavy atom. The van der Waals surface area contributed by atoms with Gasteiger partial charge in [0.15, 0.2) is 0 Å². The maximum Gasteiger partial charge on any atom is 0.326 e. The first-order valence-electron chi connectivity index (χ1n) is 8.34. The molecule has 1 aromatic heterocycles. The quantitative estimate of drug-likeness (QED) is 0.729. The molecule has 0 bridgehead atoms. The molecule has 0 aliphatic heterocycles. The van der Waals surface area contributed by atoms with E-state index in [1.54, 1.807) is 24.3 Å². The Kier molecular flexibility index (Phi) is 6.79. The molecule has 0 saturated carbocycles. The lowest BCUT2D eigenvalue weighted by Gasteiger charge is -2.24. The van der Waals surface area contributed by atoms with Crippen LogP contribution in [-0.4, -0.2) is 44.6 Å². The summed E-state index contributed by atoms with van der Waals surface area (Å²) in [5.74, 6) is -1.18. The minimum atomic E-state index is -1.08. The number of fused-ring (bicyclic) bond motifs is 1. The molecule has 0 fully saturated rings. The highest BCUT2D eigenvalue weighted by Gasteiger charge is 2.29. The fourth-order valence-corrected chi connectivity index (χ4v) is 3.25. The van der Waals surface area contributed by atoms with Gasteiger partial charge in [-0.2, -0.15) is 11.8 Å². The average Bonchev–Trinajstić information content (AvgIpc) is 2.60. The zero-order valence-electron chi connectivity index (χ0n) is 15.0. The van der Waals surface area contributed by atoms with Crippen molar-refractivity contribution in [2.24, 2.45) is 5.92 Å². The van der Waals surface area contributed by atoms with Gasteiger partial charge < -0.3 is 10.4 Å². The second kappa shape index (κ2) is 8.84. The monoisotopic (exact) mass is 377 g/mol. The number of aromatic nitrogens is 2. The zero-order valence-corrected chi connectivity index (χ0v) is 15.8. The molecule has 0 aliphatic carbocycles. The van der Waals surface area contributed by atoms with E-state index >= 15 is 0 Å². The highest BCUT2D eigenvalue weighted by molar-refractivity contribution is 7.98. The number of carboxylic acid groups (broad SMARTS) is 1. The van der Waals surface area contributed by atoms with Gasteiger partial charge in [0.25, 0.3) is 5.56 Å². The molecule has 0 spiro atoms. The summed E-state index contributed by atoms with van der Waals surface area (Å²) >= 11 is 1.51. The number of aliphatic carboxylic acids is 1. The van der Waals surface area contributed by atoms with E-state index in [1.807, 2.05) is 20.1 Å². The predicted octanol–water partition coefficient (Wildman–Crippen LogP) is 1.92. The number of carbonyl (C=O) groups is 2. The van der Waals surface area contributed by atoms with Gasteiger partial charge in [0, 0.05) is 0 Å². The highest BCUT2D eigenvalue weighted by atomic mass is 32.2. The molecule has 2 N–H and O–H groups in total. The maximum absolute atomic E-state index is 12.8. The highest BCUT2D eigenvalue weighted by Crippen LogP contribution is 2.18. The Morgan fingerprint density at radius 3 is 2.62 bits per heavy atom. The van der Waals surface area contributed by atoms with E-state index in [0.29, 0.717) is 23.1 Å². The van der Waals surface area contributed by atoms with Gasteiger partial charge in [0.2, 0.25) is 5.91 Å². The zero-order chi connectivity index (χ0) is 19.3. The van der Waals surface area contributed by atoms with Gasteiger partial charge in [-0.1, -0.05) is 26.0 Å². The summed E-state index contributed by atoms with van der Waals surface area (Å²) in [4.78, 5) is 41.2. The number of carboxylic acids is 1. The van der Waals surface area contributed by atoms with Gasteiger partial charge in [0.1, 0.15) is 12.1 Å². The Labute approximate surface area is 155 Å². The molecule has 1 amide bonds. The number of rotatable bonds is 8. The van der Waals surface area contributed by atoms with Crippen LogP contribution in [-0.2, 0) is 9.59 Å². The fourth-order valence-electron chi connectivity index (χ4n) is 2.78. The molecule has 2 rings (SSSR count). The molecule has 2 atom stereocenters. The van der Waals surface area contributed by atoms with E-state index in [4.69, 9.17) is 0 Å². The molecule has 7 nitrogen and oxygen atoms in total. The predicted molar refractivity (Wildman–Crippen MR) is 102 cm³/mol. The van der Waals surface area contributed by atoms with Crippen molar-refractivity contribution in [3.05, 3.63) is 40.9 Å². The Morgan fingerprint density at radius 1 is 1.31 bits per heavy atom. The summed E-state index contributed by atoms with van der Waals surface area (Å²) in [5.41, 5.74) is 0.237. The van der Waals surface area contributed by atoms with Crippen LogP contribution < -0.4 is 10.9 Å². The van der Waals surface area contributed by atoms with Crippen LogP contribution in [0.5, 0.6) is 0 Å². The van der Waals surface area contributed by atoms with Crippen LogP contribution in [0.15, 0.2) is 35.4 Å². The number of hydrogen-bond donors (Lipinski definition) is 2. The average molecular weight is 377 g/mol. The van der Waals surface area contributed by atoms with Crippen LogP contribution in [0.3, 0.4) is 0 Å². The van der Waals surface area contributed by atoms with Gasteiger partial charge >= 0.3 is 5.97 Å². The van der Waals surface area contributed by atoms with Gasteiger partial charge in [-0.15, -0.1) is 0 Å².